The molecule has 23 heavy (non-hydrogen) atoms. The summed E-state index contributed by atoms with van der Waals surface area (Å²) in [5, 5.41) is 6.05. The maximum Gasteiger partial charge on any atom is 0.231 e. The van der Waals surface area contributed by atoms with E-state index in [2.05, 4.69) is 15.6 Å². The molecule has 0 saturated carbocycles. The molecule has 0 aliphatic rings. The van der Waals surface area contributed by atoms with E-state index in [-0.39, 0.29) is 18.2 Å². The fourth-order valence-corrected chi connectivity index (χ4v) is 4.04. The molecule has 0 saturated heterocycles. The van der Waals surface area contributed by atoms with Crippen molar-refractivity contribution in [3.63, 3.8) is 0 Å². The van der Waals surface area contributed by atoms with E-state index in [0.29, 0.717) is 15.2 Å². The minimum Gasteiger partial charge on any atom is -0.326 e. The molecule has 0 atom stereocenters. The third-order valence-corrected chi connectivity index (χ3v) is 5.08. The molecule has 0 unspecified atom stereocenters. The first-order valence-electron chi connectivity index (χ1n) is 6.72. The molecular formula is C15H12ClN3O2S2. The van der Waals surface area contributed by atoms with Gasteiger partial charge in [-0.2, -0.15) is 0 Å². The van der Waals surface area contributed by atoms with Crippen molar-refractivity contribution in [3.8, 4) is 0 Å². The smallest absolute Gasteiger partial charge is 0.231 e. The van der Waals surface area contributed by atoms with Crippen LogP contribution < -0.4 is 10.6 Å². The van der Waals surface area contributed by atoms with E-state index >= 15 is 0 Å². The lowest BCUT2D eigenvalue weighted by Crippen LogP contribution is -2.13. The minimum absolute atomic E-state index is 0.128. The Hall–Kier alpha value is -1.96. The van der Waals surface area contributed by atoms with E-state index in [0.717, 1.165) is 15.1 Å². The van der Waals surface area contributed by atoms with Gasteiger partial charge in [-0.15, -0.1) is 11.3 Å². The van der Waals surface area contributed by atoms with Gasteiger partial charge >= 0.3 is 0 Å². The Kier molecular flexibility index (Phi) is 4.61. The highest BCUT2D eigenvalue weighted by molar-refractivity contribution is 7.22. The topological polar surface area (TPSA) is 71.1 Å². The molecule has 3 rings (SSSR count). The molecular weight excluding hydrogens is 354 g/mol. The maximum atomic E-state index is 12.0. The normalized spacial score (nSPS) is 10.7. The second-order valence-corrected chi connectivity index (χ2v) is 7.64. The zero-order valence-electron chi connectivity index (χ0n) is 12.1. The van der Waals surface area contributed by atoms with Gasteiger partial charge < -0.3 is 10.6 Å². The largest absolute Gasteiger partial charge is 0.326 e. The molecule has 2 heterocycles. The van der Waals surface area contributed by atoms with Crippen LogP contribution in [0.4, 0.5) is 10.8 Å². The predicted molar refractivity (Wildman–Crippen MR) is 95.6 cm³/mol. The van der Waals surface area contributed by atoms with Crippen molar-refractivity contribution in [3.05, 3.63) is 39.5 Å². The number of hydrogen-bond acceptors (Lipinski definition) is 5. The quantitative estimate of drug-likeness (QED) is 0.729. The molecule has 5 nitrogen and oxygen atoms in total. The van der Waals surface area contributed by atoms with Crippen molar-refractivity contribution < 1.29 is 9.59 Å². The second-order valence-electron chi connectivity index (χ2n) is 4.81. The predicted octanol–water partition coefficient (Wildman–Crippen LogP) is 4.15. The van der Waals surface area contributed by atoms with Crippen molar-refractivity contribution in [2.75, 3.05) is 10.6 Å². The van der Waals surface area contributed by atoms with Gasteiger partial charge in [-0.05, 0) is 30.3 Å². The van der Waals surface area contributed by atoms with Crippen LogP contribution in [0.15, 0.2) is 30.3 Å². The van der Waals surface area contributed by atoms with Gasteiger partial charge in [-0.1, -0.05) is 22.9 Å². The third kappa shape index (κ3) is 4.07. The second kappa shape index (κ2) is 6.66. The summed E-state index contributed by atoms with van der Waals surface area (Å²) in [4.78, 5) is 28.4. The zero-order valence-corrected chi connectivity index (χ0v) is 14.4. The Balaban J connectivity index is 1.72. The van der Waals surface area contributed by atoms with Crippen LogP contribution in [0.25, 0.3) is 10.2 Å². The number of hydrogen-bond donors (Lipinski definition) is 2. The minimum atomic E-state index is -0.135. The van der Waals surface area contributed by atoms with Gasteiger partial charge in [0.25, 0.3) is 0 Å². The average Bonchev–Trinajstić information content (AvgIpc) is 3.03. The number of anilines is 2. The average molecular weight is 366 g/mol. The number of benzene rings is 1. The van der Waals surface area contributed by atoms with Crippen LogP contribution in [0, 0.1) is 0 Å². The number of carbonyl (C=O) groups excluding carboxylic acids is 2. The first-order valence-corrected chi connectivity index (χ1v) is 8.73. The van der Waals surface area contributed by atoms with Gasteiger partial charge in [0.1, 0.15) is 0 Å². The van der Waals surface area contributed by atoms with Gasteiger partial charge in [0.15, 0.2) is 5.13 Å². The summed E-state index contributed by atoms with van der Waals surface area (Å²) >= 11 is 8.61. The Morgan fingerprint density at radius 1 is 1.17 bits per heavy atom. The first-order chi connectivity index (χ1) is 11.0. The van der Waals surface area contributed by atoms with Crippen LogP contribution in [-0.4, -0.2) is 16.8 Å². The molecule has 8 heteroatoms. The fraction of sp³-hybridized carbons (Fsp3) is 0.133. The molecule has 0 radical (unpaired) electrons. The Labute approximate surface area is 145 Å². The molecule has 0 aliphatic carbocycles. The van der Waals surface area contributed by atoms with Crippen molar-refractivity contribution in [2.24, 2.45) is 0 Å². The molecule has 118 valence electrons. The molecule has 0 aliphatic heterocycles. The van der Waals surface area contributed by atoms with Crippen LogP contribution in [-0.2, 0) is 16.0 Å². The molecule has 2 aromatic heterocycles. The van der Waals surface area contributed by atoms with Crippen molar-refractivity contribution in [2.45, 2.75) is 13.3 Å². The standard InChI is InChI=1S/C15H12ClN3O2S2/c1-8(20)17-9-2-4-11-12(6-9)23-15(18-11)19-14(21)7-10-3-5-13(16)22-10/h2-6H,7H2,1H3,(H,17,20)(H,18,19,21). The summed E-state index contributed by atoms with van der Waals surface area (Å²) in [5.41, 5.74) is 1.48. The molecule has 0 spiro atoms. The summed E-state index contributed by atoms with van der Waals surface area (Å²) in [7, 11) is 0. The molecule has 0 bridgehead atoms. The number of fused-ring (bicyclic) bond motifs is 1. The van der Waals surface area contributed by atoms with Crippen LogP contribution in [0.1, 0.15) is 11.8 Å². The number of halogens is 1. The molecule has 1 aromatic carbocycles. The van der Waals surface area contributed by atoms with Crippen LogP contribution in [0.2, 0.25) is 4.34 Å². The van der Waals surface area contributed by atoms with E-state index in [1.165, 1.54) is 29.6 Å². The summed E-state index contributed by atoms with van der Waals surface area (Å²) in [5.74, 6) is -0.262. The lowest BCUT2D eigenvalue weighted by molar-refractivity contribution is -0.115. The number of thiazole rings is 1. The summed E-state index contributed by atoms with van der Waals surface area (Å²) < 4.78 is 1.56. The number of carbonyl (C=O) groups is 2. The van der Waals surface area contributed by atoms with Crippen molar-refractivity contribution in [1.82, 2.24) is 4.98 Å². The van der Waals surface area contributed by atoms with Crippen LogP contribution in [0.5, 0.6) is 0 Å². The van der Waals surface area contributed by atoms with Gasteiger partial charge in [-0.25, -0.2) is 4.98 Å². The van der Waals surface area contributed by atoms with Gasteiger partial charge in [-0.3, -0.25) is 9.59 Å². The highest BCUT2D eigenvalue weighted by Gasteiger charge is 2.10. The van der Waals surface area contributed by atoms with E-state index in [1.807, 2.05) is 18.2 Å². The van der Waals surface area contributed by atoms with Gasteiger partial charge in [0.05, 0.1) is 21.0 Å². The van der Waals surface area contributed by atoms with Gasteiger partial charge in [0, 0.05) is 17.5 Å². The van der Waals surface area contributed by atoms with Crippen LogP contribution in [0.3, 0.4) is 0 Å². The SMILES string of the molecule is CC(=O)Nc1ccc2nc(NC(=O)Cc3ccc(Cl)s3)sc2c1. The first kappa shape index (κ1) is 15.9. The Morgan fingerprint density at radius 2 is 2.00 bits per heavy atom. The lowest BCUT2D eigenvalue weighted by atomic mass is 10.3. The van der Waals surface area contributed by atoms with Gasteiger partial charge in [0.2, 0.25) is 11.8 Å². The number of nitrogens with one attached hydrogen (secondary N) is 2. The number of amides is 2. The molecule has 3 aromatic rings. The number of rotatable bonds is 4. The monoisotopic (exact) mass is 365 g/mol. The summed E-state index contributed by atoms with van der Waals surface area (Å²) in [6.45, 7) is 1.46. The highest BCUT2D eigenvalue weighted by Crippen LogP contribution is 2.29. The van der Waals surface area contributed by atoms with E-state index in [9.17, 15) is 9.59 Å². The maximum absolute atomic E-state index is 12.0. The number of thiophene rings is 1. The van der Waals surface area contributed by atoms with E-state index in [4.69, 9.17) is 11.6 Å². The molecule has 0 fully saturated rings. The molecule has 2 amide bonds. The van der Waals surface area contributed by atoms with E-state index in [1.54, 1.807) is 12.1 Å². The highest BCUT2D eigenvalue weighted by atomic mass is 35.5. The molecule has 2 N–H and O–H groups in total. The lowest BCUT2D eigenvalue weighted by Gasteiger charge is -1.99. The Morgan fingerprint density at radius 3 is 2.70 bits per heavy atom. The zero-order chi connectivity index (χ0) is 16.4. The summed E-state index contributed by atoms with van der Waals surface area (Å²) in [6, 6.07) is 9.04. The van der Waals surface area contributed by atoms with E-state index < -0.39 is 0 Å². The number of aromatic nitrogens is 1. The van der Waals surface area contributed by atoms with Crippen LogP contribution >= 0.6 is 34.3 Å². The van der Waals surface area contributed by atoms with Crippen molar-refractivity contribution in [1.29, 1.82) is 0 Å². The number of nitrogens with zero attached hydrogens (tertiary/aromatic N) is 1. The summed E-state index contributed by atoms with van der Waals surface area (Å²) in [6.07, 6.45) is 0.268. The van der Waals surface area contributed by atoms with Crippen molar-refractivity contribution >= 4 is 67.1 Å². The fourth-order valence-electron chi connectivity index (χ4n) is 2.03. The third-order valence-electron chi connectivity index (χ3n) is 2.92. The Bertz CT molecular complexity index is 888.